The molecule has 156 valence electrons. The van der Waals surface area contributed by atoms with Gasteiger partial charge in [-0.05, 0) is 38.5 Å². The largest absolute Gasteiger partial charge is 0.350 e. The van der Waals surface area contributed by atoms with Crippen molar-refractivity contribution in [1.29, 1.82) is 0 Å². The van der Waals surface area contributed by atoms with E-state index in [1.165, 1.54) is 16.8 Å². The van der Waals surface area contributed by atoms with Crippen molar-refractivity contribution in [1.82, 2.24) is 19.9 Å². The Bertz CT molecular complexity index is 1230. The molecule has 0 saturated carbocycles. The first-order valence-corrected chi connectivity index (χ1v) is 9.69. The van der Waals surface area contributed by atoms with Gasteiger partial charge in [-0.1, -0.05) is 19.1 Å². The van der Waals surface area contributed by atoms with Crippen LogP contribution in [0.25, 0.3) is 11.0 Å². The quantitative estimate of drug-likeness (QED) is 0.573. The van der Waals surface area contributed by atoms with Crippen LogP contribution in [-0.4, -0.2) is 32.4 Å². The van der Waals surface area contributed by atoms with Crippen molar-refractivity contribution in [2.75, 3.05) is 5.32 Å². The zero-order chi connectivity index (χ0) is 21.8. The summed E-state index contributed by atoms with van der Waals surface area (Å²) in [6.07, 6.45) is 2.07. The first-order chi connectivity index (χ1) is 14.3. The molecule has 0 spiro atoms. The van der Waals surface area contributed by atoms with Gasteiger partial charge in [0.05, 0.1) is 22.2 Å². The first kappa shape index (κ1) is 21.0. The van der Waals surface area contributed by atoms with E-state index in [0.29, 0.717) is 17.8 Å². The molecule has 0 saturated heterocycles. The number of aromatic nitrogens is 3. The van der Waals surface area contributed by atoms with Crippen molar-refractivity contribution in [2.24, 2.45) is 0 Å². The molecule has 0 unspecified atom stereocenters. The lowest BCUT2D eigenvalue weighted by Crippen LogP contribution is -2.32. The Labute approximate surface area is 172 Å². The Balaban J connectivity index is 1.94. The molecule has 3 aromatic rings. The second-order valence-corrected chi connectivity index (χ2v) is 6.88. The predicted octanol–water partition coefficient (Wildman–Crippen LogP) is 1.89. The van der Waals surface area contributed by atoms with Gasteiger partial charge >= 0.3 is 5.69 Å². The summed E-state index contributed by atoms with van der Waals surface area (Å²) < 4.78 is 1.31. The van der Waals surface area contributed by atoms with Crippen molar-refractivity contribution in [3.8, 4) is 0 Å². The average Bonchev–Trinajstić information content (AvgIpc) is 2.74. The standard InChI is InChI=1S/C21H23N5O4/c1-4-12(3)23-19(28)14-8-6-7-9-16(14)24-18(27)13-10-15-17(22-11-13)26(5-2)21(30)25-20(15)29/h6-12H,4-5H2,1-3H3,(H,23,28)(H,24,27)(H,25,29,30)/t12-/m0/s1. The van der Waals surface area contributed by atoms with E-state index < -0.39 is 17.2 Å². The molecule has 2 aromatic heterocycles. The molecule has 0 aliphatic heterocycles. The van der Waals surface area contributed by atoms with Gasteiger partial charge in [-0.3, -0.25) is 23.9 Å². The van der Waals surface area contributed by atoms with E-state index in [9.17, 15) is 19.2 Å². The third-order valence-corrected chi connectivity index (χ3v) is 4.82. The summed E-state index contributed by atoms with van der Waals surface area (Å²) in [5.41, 5.74) is -0.160. The summed E-state index contributed by atoms with van der Waals surface area (Å²) in [4.78, 5) is 55.7. The fourth-order valence-corrected chi connectivity index (χ4v) is 2.97. The Morgan fingerprint density at radius 3 is 2.60 bits per heavy atom. The molecule has 0 fully saturated rings. The Kier molecular flexibility index (Phi) is 6.10. The van der Waals surface area contributed by atoms with Crippen LogP contribution in [-0.2, 0) is 6.54 Å². The van der Waals surface area contributed by atoms with E-state index in [-0.39, 0.29) is 28.5 Å². The van der Waals surface area contributed by atoms with Crippen LogP contribution in [0.4, 0.5) is 5.69 Å². The highest BCUT2D eigenvalue weighted by molar-refractivity contribution is 6.09. The predicted molar refractivity (Wildman–Crippen MR) is 114 cm³/mol. The number of anilines is 1. The van der Waals surface area contributed by atoms with E-state index in [1.54, 1.807) is 31.2 Å². The molecule has 3 rings (SSSR count). The molecule has 2 heterocycles. The van der Waals surface area contributed by atoms with Gasteiger partial charge in [0, 0.05) is 18.8 Å². The summed E-state index contributed by atoms with van der Waals surface area (Å²) in [5, 5.41) is 5.70. The van der Waals surface area contributed by atoms with Crippen LogP contribution in [0.1, 0.15) is 47.9 Å². The summed E-state index contributed by atoms with van der Waals surface area (Å²) in [5.74, 6) is -0.817. The minimum Gasteiger partial charge on any atom is -0.350 e. The van der Waals surface area contributed by atoms with Gasteiger partial charge in [0.1, 0.15) is 5.65 Å². The zero-order valence-corrected chi connectivity index (χ0v) is 17.0. The van der Waals surface area contributed by atoms with Crippen LogP contribution in [0.2, 0.25) is 0 Å². The maximum absolute atomic E-state index is 12.8. The average molecular weight is 409 g/mol. The SMILES string of the molecule is CC[C@H](C)NC(=O)c1ccccc1NC(=O)c1cnc2c(c1)c(=O)[nH]c(=O)n2CC. The minimum atomic E-state index is -0.616. The normalized spacial score (nSPS) is 11.8. The number of H-pyrrole nitrogens is 1. The number of pyridine rings is 1. The van der Waals surface area contributed by atoms with E-state index in [4.69, 9.17) is 0 Å². The molecule has 9 heteroatoms. The Hall–Kier alpha value is -3.75. The van der Waals surface area contributed by atoms with E-state index >= 15 is 0 Å². The number of aryl methyl sites for hydroxylation is 1. The second-order valence-electron chi connectivity index (χ2n) is 6.88. The molecule has 3 N–H and O–H groups in total. The van der Waals surface area contributed by atoms with E-state index in [2.05, 4.69) is 20.6 Å². The lowest BCUT2D eigenvalue weighted by Gasteiger charge is -2.15. The smallest absolute Gasteiger partial charge is 0.329 e. The highest BCUT2D eigenvalue weighted by Gasteiger charge is 2.17. The van der Waals surface area contributed by atoms with Gasteiger partial charge in [-0.15, -0.1) is 0 Å². The molecule has 1 atom stereocenters. The fourth-order valence-electron chi connectivity index (χ4n) is 2.97. The fraction of sp³-hybridized carbons (Fsp3) is 0.286. The summed E-state index contributed by atoms with van der Waals surface area (Å²) in [7, 11) is 0. The summed E-state index contributed by atoms with van der Waals surface area (Å²) in [6.45, 7) is 5.94. The number of fused-ring (bicyclic) bond motifs is 1. The van der Waals surface area contributed by atoms with Gasteiger partial charge in [0.25, 0.3) is 17.4 Å². The number of carbonyl (C=O) groups excluding carboxylic acids is 2. The number of nitrogens with zero attached hydrogens (tertiary/aromatic N) is 2. The molecule has 2 amide bonds. The first-order valence-electron chi connectivity index (χ1n) is 9.69. The highest BCUT2D eigenvalue weighted by Crippen LogP contribution is 2.17. The number of hydrogen-bond acceptors (Lipinski definition) is 5. The Morgan fingerprint density at radius 2 is 1.90 bits per heavy atom. The van der Waals surface area contributed by atoms with Crippen LogP contribution in [0, 0.1) is 0 Å². The number of para-hydroxylation sites is 1. The summed E-state index contributed by atoms with van der Waals surface area (Å²) >= 11 is 0. The van der Waals surface area contributed by atoms with Crippen molar-refractivity contribution in [2.45, 2.75) is 39.8 Å². The lowest BCUT2D eigenvalue weighted by molar-refractivity contribution is 0.0940. The number of hydrogen-bond donors (Lipinski definition) is 3. The van der Waals surface area contributed by atoms with Crippen LogP contribution in [0.5, 0.6) is 0 Å². The molecule has 0 radical (unpaired) electrons. The topological polar surface area (TPSA) is 126 Å². The van der Waals surface area contributed by atoms with E-state index in [1.807, 2.05) is 13.8 Å². The van der Waals surface area contributed by atoms with Gasteiger partial charge in [0.15, 0.2) is 0 Å². The van der Waals surface area contributed by atoms with Crippen LogP contribution >= 0.6 is 0 Å². The van der Waals surface area contributed by atoms with Gasteiger partial charge in [0.2, 0.25) is 0 Å². The maximum Gasteiger partial charge on any atom is 0.329 e. The lowest BCUT2D eigenvalue weighted by atomic mass is 10.1. The van der Waals surface area contributed by atoms with E-state index in [0.717, 1.165) is 6.42 Å². The number of amides is 2. The molecule has 1 aromatic carbocycles. The third kappa shape index (κ3) is 4.14. The van der Waals surface area contributed by atoms with Crippen molar-refractivity contribution in [3.63, 3.8) is 0 Å². The molecule has 0 aliphatic carbocycles. The van der Waals surface area contributed by atoms with Crippen molar-refractivity contribution >= 4 is 28.5 Å². The van der Waals surface area contributed by atoms with Crippen molar-refractivity contribution < 1.29 is 9.59 Å². The second kappa shape index (κ2) is 8.73. The number of carbonyl (C=O) groups is 2. The minimum absolute atomic E-state index is 0.00571. The number of nitrogens with one attached hydrogen (secondary N) is 3. The third-order valence-electron chi connectivity index (χ3n) is 4.82. The number of benzene rings is 1. The Morgan fingerprint density at radius 1 is 1.17 bits per heavy atom. The zero-order valence-electron chi connectivity index (χ0n) is 17.0. The van der Waals surface area contributed by atoms with Gasteiger partial charge in [-0.25, -0.2) is 9.78 Å². The van der Waals surface area contributed by atoms with Crippen LogP contribution in [0.15, 0.2) is 46.1 Å². The molecular formula is C21H23N5O4. The molecule has 0 aliphatic rings. The summed E-state index contributed by atoms with van der Waals surface area (Å²) in [6, 6.07) is 8.04. The molecule has 30 heavy (non-hydrogen) atoms. The monoisotopic (exact) mass is 409 g/mol. The van der Waals surface area contributed by atoms with Crippen LogP contribution < -0.4 is 21.9 Å². The number of rotatable bonds is 6. The number of aromatic amines is 1. The van der Waals surface area contributed by atoms with Gasteiger partial charge in [-0.2, -0.15) is 0 Å². The highest BCUT2D eigenvalue weighted by atomic mass is 16.2. The molecular weight excluding hydrogens is 386 g/mol. The van der Waals surface area contributed by atoms with Crippen LogP contribution in [0.3, 0.4) is 0 Å². The molecule has 0 bridgehead atoms. The molecule has 9 nitrogen and oxygen atoms in total. The maximum atomic E-state index is 12.8. The van der Waals surface area contributed by atoms with Crippen molar-refractivity contribution in [3.05, 3.63) is 68.5 Å². The van der Waals surface area contributed by atoms with Gasteiger partial charge < -0.3 is 10.6 Å².